The molecule has 17 heavy (non-hydrogen) atoms. The van der Waals surface area contributed by atoms with Gasteiger partial charge in [0.25, 0.3) is 0 Å². The number of para-hydroxylation sites is 1. The molecule has 1 radical (unpaired) electrons. The molecule has 2 aromatic carbocycles. The fourth-order valence-corrected chi connectivity index (χ4v) is 1.46. The van der Waals surface area contributed by atoms with Gasteiger partial charge >= 0.3 is 0 Å². The molecule has 0 fully saturated rings. The zero-order valence-electron chi connectivity index (χ0n) is 9.40. The van der Waals surface area contributed by atoms with E-state index < -0.39 is 0 Å². The van der Waals surface area contributed by atoms with Crippen molar-refractivity contribution >= 4 is 11.4 Å². The lowest BCUT2D eigenvalue weighted by atomic mass is 10.2. The van der Waals surface area contributed by atoms with Crippen LogP contribution in [0, 0.1) is 17.4 Å². The first kappa shape index (κ1) is 11.0. The van der Waals surface area contributed by atoms with E-state index in [-0.39, 0.29) is 0 Å². The number of nitrogens with zero attached hydrogens (tertiary/aromatic N) is 1. The van der Waals surface area contributed by atoms with E-state index >= 15 is 0 Å². The molecule has 0 saturated heterocycles. The molecule has 1 N–H and O–H groups in total. The molecule has 2 rings (SSSR count). The average Bonchev–Trinajstić information content (AvgIpc) is 2.40. The number of anilines is 2. The van der Waals surface area contributed by atoms with Gasteiger partial charge in [-0.1, -0.05) is 12.1 Å². The predicted molar refractivity (Wildman–Crippen MR) is 66.3 cm³/mol. The number of methoxy groups -OCH3 is 1. The van der Waals surface area contributed by atoms with Crippen molar-refractivity contribution in [1.29, 1.82) is 5.26 Å². The molecule has 0 aliphatic carbocycles. The Hall–Kier alpha value is -2.47. The molecule has 3 heteroatoms. The van der Waals surface area contributed by atoms with E-state index in [1.54, 1.807) is 19.2 Å². The monoisotopic (exact) mass is 223 g/mol. The van der Waals surface area contributed by atoms with E-state index in [0.717, 1.165) is 17.1 Å². The van der Waals surface area contributed by atoms with Crippen molar-refractivity contribution in [2.75, 3.05) is 12.4 Å². The maximum absolute atomic E-state index is 8.70. The molecule has 3 nitrogen and oxygen atoms in total. The van der Waals surface area contributed by atoms with Crippen molar-refractivity contribution in [2.24, 2.45) is 0 Å². The van der Waals surface area contributed by atoms with Crippen LogP contribution in [0.5, 0.6) is 5.75 Å². The third-order valence-electron chi connectivity index (χ3n) is 2.32. The standard InChI is InChI=1S/C14H11N2O/c1-17-14-5-3-2-4-13(14)16-12-8-6-11(10-15)7-9-12/h2-3,5-9,16H,1H3. The van der Waals surface area contributed by atoms with Gasteiger partial charge in [-0.05, 0) is 30.3 Å². The maximum Gasteiger partial charge on any atom is 0.142 e. The minimum Gasteiger partial charge on any atom is -0.495 e. The number of hydrogen-bond donors (Lipinski definition) is 1. The molecule has 2 aromatic rings. The Morgan fingerprint density at radius 3 is 2.65 bits per heavy atom. The van der Waals surface area contributed by atoms with Gasteiger partial charge in [0.15, 0.2) is 0 Å². The van der Waals surface area contributed by atoms with Gasteiger partial charge in [-0.2, -0.15) is 5.26 Å². The van der Waals surface area contributed by atoms with Crippen LogP contribution in [0.4, 0.5) is 11.4 Å². The van der Waals surface area contributed by atoms with Crippen LogP contribution in [0.15, 0.2) is 42.5 Å². The van der Waals surface area contributed by atoms with Gasteiger partial charge < -0.3 is 10.1 Å². The summed E-state index contributed by atoms with van der Waals surface area (Å²) < 4.78 is 5.22. The molecular formula is C14H11N2O. The van der Waals surface area contributed by atoms with Gasteiger partial charge in [0.2, 0.25) is 0 Å². The van der Waals surface area contributed by atoms with Gasteiger partial charge in [0.05, 0.1) is 24.4 Å². The minimum atomic E-state index is 0.638. The zero-order chi connectivity index (χ0) is 12.1. The SMILES string of the molecule is COc1ccc[c]c1Nc1ccc(C#N)cc1. The molecule has 0 amide bonds. The summed E-state index contributed by atoms with van der Waals surface area (Å²) in [4.78, 5) is 0. The lowest BCUT2D eigenvalue weighted by Crippen LogP contribution is -1.94. The van der Waals surface area contributed by atoms with E-state index in [1.165, 1.54) is 0 Å². The molecule has 0 unspecified atom stereocenters. The third kappa shape index (κ3) is 2.56. The van der Waals surface area contributed by atoms with E-state index in [4.69, 9.17) is 10.00 Å². The lowest BCUT2D eigenvalue weighted by Gasteiger charge is -2.10. The summed E-state index contributed by atoms with van der Waals surface area (Å²) in [6.07, 6.45) is 0. The molecule has 0 saturated carbocycles. The number of hydrogen-bond acceptors (Lipinski definition) is 3. The third-order valence-corrected chi connectivity index (χ3v) is 2.32. The van der Waals surface area contributed by atoms with Crippen LogP contribution in [0.3, 0.4) is 0 Å². The van der Waals surface area contributed by atoms with Crippen molar-refractivity contribution in [1.82, 2.24) is 0 Å². The van der Waals surface area contributed by atoms with Crippen LogP contribution in [0.25, 0.3) is 0 Å². The summed E-state index contributed by atoms with van der Waals surface area (Å²) in [5, 5.41) is 11.9. The summed E-state index contributed by atoms with van der Waals surface area (Å²) >= 11 is 0. The Morgan fingerprint density at radius 1 is 1.24 bits per heavy atom. The molecule has 0 atom stereocenters. The Labute approximate surface area is 100 Å². The first-order chi connectivity index (χ1) is 8.33. The fraction of sp³-hybridized carbons (Fsp3) is 0.0714. The Bertz CT molecular complexity index is 541. The number of rotatable bonds is 3. The molecule has 83 valence electrons. The van der Waals surface area contributed by atoms with Crippen LogP contribution in [0.1, 0.15) is 5.56 Å². The average molecular weight is 223 g/mol. The topological polar surface area (TPSA) is 45.0 Å². The fourth-order valence-electron chi connectivity index (χ4n) is 1.46. The van der Waals surface area contributed by atoms with Crippen LogP contribution in [-0.2, 0) is 0 Å². The van der Waals surface area contributed by atoms with Crippen molar-refractivity contribution in [2.45, 2.75) is 0 Å². The largest absolute Gasteiger partial charge is 0.495 e. The van der Waals surface area contributed by atoms with Gasteiger partial charge in [0, 0.05) is 11.8 Å². The molecule has 0 bridgehead atoms. The summed E-state index contributed by atoms with van der Waals surface area (Å²) in [7, 11) is 1.62. The van der Waals surface area contributed by atoms with Crippen LogP contribution in [-0.4, -0.2) is 7.11 Å². The Morgan fingerprint density at radius 2 is 2.00 bits per heavy atom. The number of nitrogens with one attached hydrogen (secondary N) is 1. The van der Waals surface area contributed by atoms with E-state index in [0.29, 0.717) is 5.56 Å². The maximum atomic E-state index is 8.70. The van der Waals surface area contributed by atoms with E-state index in [9.17, 15) is 0 Å². The van der Waals surface area contributed by atoms with Gasteiger partial charge in [-0.25, -0.2) is 0 Å². The minimum absolute atomic E-state index is 0.638. The van der Waals surface area contributed by atoms with Crippen molar-refractivity contribution < 1.29 is 4.74 Å². The first-order valence-corrected chi connectivity index (χ1v) is 5.15. The van der Waals surface area contributed by atoms with E-state index in [1.807, 2.05) is 30.3 Å². The zero-order valence-corrected chi connectivity index (χ0v) is 9.40. The highest BCUT2D eigenvalue weighted by molar-refractivity contribution is 5.65. The number of nitriles is 1. The van der Waals surface area contributed by atoms with Crippen LogP contribution in [0.2, 0.25) is 0 Å². The van der Waals surface area contributed by atoms with Crippen LogP contribution >= 0.6 is 0 Å². The number of ether oxygens (including phenoxy) is 1. The highest BCUT2D eigenvalue weighted by Gasteiger charge is 2.01. The van der Waals surface area contributed by atoms with E-state index in [2.05, 4.69) is 17.5 Å². The first-order valence-electron chi connectivity index (χ1n) is 5.15. The highest BCUT2D eigenvalue weighted by atomic mass is 16.5. The predicted octanol–water partition coefficient (Wildman–Crippen LogP) is 3.11. The highest BCUT2D eigenvalue weighted by Crippen LogP contribution is 2.26. The molecule has 0 aliphatic rings. The summed E-state index contributed by atoms with van der Waals surface area (Å²) in [6.45, 7) is 0. The lowest BCUT2D eigenvalue weighted by molar-refractivity contribution is 0.417. The molecule has 0 heterocycles. The molecule has 0 spiro atoms. The Kier molecular flexibility index (Phi) is 3.27. The van der Waals surface area contributed by atoms with Crippen LogP contribution < -0.4 is 10.1 Å². The molecule has 0 aromatic heterocycles. The second-order valence-corrected chi connectivity index (χ2v) is 3.43. The smallest absolute Gasteiger partial charge is 0.142 e. The summed E-state index contributed by atoms with van der Waals surface area (Å²) in [5.74, 6) is 0.733. The number of benzene rings is 2. The van der Waals surface area contributed by atoms with Gasteiger partial charge in [-0.15, -0.1) is 0 Å². The quantitative estimate of drug-likeness (QED) is 0.869. The van der Waals surface area contributed by atoms with Crippen molar-refractivity contribution in [3.8, 4) is 11.8 Å². The second kappa shape index (κ2) is 5.04. The van der Waals surface area contributed by atoms with Gasteiger partial charge in [0.1, 0.15) is 5.75 Å². The van der Waals surface area contributed by atoms with Crippen molar-refractivity contribution in [3.63, 3.8) is 0 Å². The van der Waals surface area contributed by atoms with Crippen molar-refractivity contribution in [3.05, 3.63) is 54.1 Å². The molecule has 0 aliphatic heterocycles. The van der Waals surface area contributed by atoms with Gasteiger partial charge in [-0.3, -0.25) is 0 Å². The summed E-state index contributed by atoms with van der Waals surface area (Å²) in [6, 6.07) is 17.9. The Balaban J connectivity index is 2.22. The normalized spacial score (nSPS) is 9.41. The summed E-state index contributed by atoms with van der Waals surface area (Å²) in [5.41, 5.74) is 2.31. The second-order valence-electron chi connectivity index (χ2n) is 3.43. The molecular weight excluding hydrogens is 212 g/mol.